The summed E-state index contributed by atoms with van der Waals surface area (Å²) in [6, 6.07) is 0. The Balaban J connectivity index is 0.000000180. The summed E-state index contributed by atoms with van der Waals surface area (Å²) in [5, 5.41) is 22.1. The Kier molecular flexibility index (Phi) is 5.69. The largest absolute Gasteiger partial charge is 0.588 e. The maximum Gasteiger partial charge on any atom is 0.00772 e. The lowest BCUT2D eigenvalue weighted by atomic mass is 10.4. The van der Waals surface area contributed by atoms with E-state index in [0.29, 0.717) is 0 Å². The first kappa shape index (κ1) is 9.12. The summed E-state index contributed by atoms with van der Waals surface area (Å²) in [4.78, 5) is 0. The van der Waals surface area contributed by atoms with Gasteiger partial charge in [-0.25, -0.2) is 0 Å². The van der Waals surface area contributed by atoms with Gasteiger partial charge in [-0.1, -0.05) is 5.02 Å². The molecule has 60 valence electrons. The molecule has 6 heteroatoms. The molecule has 0 aromatic heterocycles. The quantitative estimate of drug-likeness (QED) is 0.309. The van der Waals surface area contributed by atoms with Crippen molar-refractivity contribution < 1.29 is 5.02 Å². The highest BCUT2D eigenvalue weighted by Crippen LogP contribution is 1.65. The van der Waals surface area contributed by atoms with Gasteiger partial charge in [-0.15, -0.1) is 0 Å². The van der Waals surface area contributed by atoms with Crippen molar-refractivity contribution in [1.29, 1.82) is 5.53 Å². The van der Waals surface area contributed by atoms with Crippen LogP contribution in [0.1, 0.15) is 0 Å². The zero-order chi connectivity index (χ0) is 7.82. The molecule has 0 bridgehead atoms. The SMILES string of the molecule is C1CNCCN1.N=[N+]([O-])[O-]. The number of nitrogens with zero attached hydrogens (tertiary/aromatic N) is 1. The molecule has 0 aromatic carbocycles. The molecule has 3 N–H and O–H groups in total. The number of hydrogen-bond donors (Lipinski definition) is 3. The summed E-state index contributed by atoms with van der Waals surface area (Å²) in [7, 11) is 0. The highest BCUT2D eigenvalue weighted by atomic mass is 16.8. The van der Waals surface area contributed by atoms with Crippen LogP contribution in [0, 0.1) is 15.9 Å². The number of rotatable bonds is 0. The average Bonchev–Trinajstić information content (AvgIpc) is 1.90. The van der Waals surface area contributed by atoms with E-state index in [-0.39, 0.29) is 0 Å². The Morgan fingerprint density at radius 2 is 1.20 bits per heavy atom. The van der Waals surface area contributed by atoms with Crippen LogP contribution in [0.25, 0.3) is 0 Å². The van der Waals surface area contributed by atoms with Crippen LogP contribution in [0.5, 0.6) is 0 Å². The van der Waals surface area contributed by atoms with Crippen molar-refractivity contribution in [2.24, 2.45) is 0 Å². The van der Waals surface area contributed by atoms with Crippen LogP contribution >= 0.6 is 0 Å². The highest BCUT2D eigenvalue weighted by Gasteiger charge is 1.91. The van der Waals surface area contributed by atoms with E-state index in [1.54, 1.807) is 0 Å². The fraction of sp³-hybridized carbons (Fsp3) is 1.00. The molecule has 1 heterocycles. The molecule has 0 amide bonds. The average molecular weight is 147 g/mol. The second-order valence-electron chi connectivity index (χ2n) is 1.76. The van der Waals surface area contributed by atoms with E-state index in [1.807, 2.05) is 0 Å². The Hall–Kier alpha value is -0.880. The normalized spacial score (nSPS) is 16.8. The predicted octanol–water partition coefficient (Wildman–Crippen LogP) is -0.795. The molecular weight excluding hydrogens is 136 g/mol. The minimum absolute atomic E-state index is 1.14. The molecule has 0 atom stereocenters. The zero-order valence-corrected chi connectivity index (χ0v) is 5.59. The summed E-state index contributed by atoms with van der Waals surface area (Å²) >= 11 is 0. The third-order valence-corrected chi connectivity index (χ3v) is 0.957. The smallest absolute Gasteiger partial charge is 0.00772 e. The fourth-order valence-electron chi connectivity index (χ4n) is 0.604. The summed E-state index contributed by atoms with van der Waals surface area (Å²) < 4.78 is 0. The van der Waals surface area contributed by atoms with Crippen molar-refractivity contribution in [3.8, 4) is 0 Å². The van der Waals surface area contributed by atoms with Gasteiger partial charge in [0.15, 0.2) is 0 Å². The van der Waals surface area contributed by atoms with Crippen molar-refractivity contribution in [2.45, 2.75) is 0 Å². The summed E-state index contributed by atoms with van der Waals surface area (Å²) in [5.41, 5.74) is 5.31. The lowest BCUT2D eigenvalue weighted by molar-refractivity contribution is -0.482. The first-order chi connectivity index (χ1) is 4.73. The minimum atomic E-state index is -1.25. The number of nitrogens with one attached hydrogen (secondary N) is 3. The van der Waals surface area contributed by atoms with Gasteiger partial charge in [-0.05, 0) is 5.53 Å². The molecule has 0 spiro atoms. The Morgan fingerprint density at radius 1 is 1.00 bits per heavy atom. The van der Waals surface area contributed by atoms with E-state index in [4.69, 9.17) is 15.9 Å². The van der Waals surface area contributed by atoms with Crippen molar-refractivity contribution in [2.75, 3.05) is 26.2 Å². The van der Waals surface area contributed by atoms with Gasteiger partial charge in [0.25, 0.3) is 0 Å². The van der Waals surface area contributed by atoms with Gasteiger partial charge in [0.1, 0.15) is 0 Å². The molecule has 1 aliphatic rings. The molecule has 10 heavy (non-hydrogen) atoms. The molecule has 6 nitrogen and oxygen atoms in total. The van der Waals surface area contributed by atoms with Crippen molar-refractivity contribution >= 4 is 0 Å². The van der Waals surface area contributed by atoms with Crippen molar-refractivity contribution in [3.05, 3.63) is 10.4 Å². The summed E-state index contributed by atoms with van der Waals surface area (Å²) in [6.45, 7) is 4.56. The number of hydrogen-bond acceptors (Lipinski definition) is 5. The van der Waals surface area contributed by atoms with Crippen molar-refractivity contribution in [3.63, 3.8) is 0 Å². The van der Waals surface area contributed by atoms with Gasteiger partial charge in [0.2, 0.25) is 0 Å². The Morgan fingerprint density at radius 3 is 1.30 bits per heavy atom. The second kappa shape index (κ2) is 6.24. The van der Waals surface area contributed by atoms with Gasteiger partial charge in [0, 0.05) is 26.2 Å². The van der Waals surface area contributed by atoms with Gasteiger partial charge in [-0.2, -0.15) is 0 Å². The molecule has 1 fully saturated rings. The minimum Gasteiger partial charge on any atom is -0.588 e. The predicted molar refractivity (Wildman–Crippen MR) is 35.5 cm³/mol. The molecule has 0 aliphatic carbocycles. The molecular formula is C4H11N4O2-. The maximum atomic E-state index is 8.47. The number of piperazine rings is 1. The van der Waals surface area contributed by atoms with Crippen LogP contribution in [0.3, 0.4) is 0 Å². The summed E-state index contributed by atoms with van der Waals surface area (Å²) in [5.74, 6) is 0. The van der Waals surface area contributed by atoms with Crippen LogP contribution in [0.4, 0.5) is 0 Å². The third-order valence-electron chi connectivity index (χ3n) is 0.957. The van der Waals surface area contributed by atoms with E-state index in [9.17, 15) is 0 Å². The maximum absolute atomic E-state index is 8.47. The van der Waals surface area contributed by atoms with Crippen LogP contribution in [-0.2, 0) is 0 Å². The Labute approximate surface area is 58.9 Å². The van der Waals surface area contributed by atoms with Gasteiger partial charge in [0.05, 0.1) is 0 Å². The third kappa shape index (κ3) is 10.2. The van der Waals surface area contributed by atoms with Crippen LogP contribution in [-0.4, -0.2) is 31.2 Å². The first-order valence-electron chi connectivity index (χ1n) is 3.00. The monoisotopic (exact) mass is 147 g/mol. The first-order valence-corrected chi connectivity index (χ1v) is 3.00. The van der Waals surface area contributed by atoms with Crippen LogP contribution in [0.2, 0.25) is 0 Å². The molecule has 0 unspecified atom stereocenters. The van der Waals surface area contributed by atoms with Crippen LogP contribution in [0.15, 0.2) is 0 Å². The second-order valence-corrected chi connectivity index (χ2v) is 1.76. The molecule has 0 radical (unpaired) electrons. The zero-order valence-electron chi connectivity index (χ0n) is 5.59. The lowest BCUT2D eigenvalue weighted by Gasteiger charge is -2.11. The Bertz CT molecular complexity index is 77.7. The van der Waals surface area contributed by atoms with E-state index in [0.717, 1.165) is 26.2 Å². The molecule has 1 saturated heterocycles. The van der Waals surface area contributed by atoms with Crippen molar-refractivity contribution in [1.82, 2.24) is 10.6 Å². The fourth-order valence-corrected chi connectivity index (χ4v) is 0.604. The molecule has 1 aliphatic heterocycles. The molecule has 1 rings (SSSR count). The lowest BCUT2D eigenvalue weighted by Crippen LogP contribution is -2.39. The standard InChI is InChI=1S/C4H10N2.HN2O2/c1-2-6-4-3-5-1;1-2(3)4/h5-6H,1-4H2;(H-,1,3,4)/q;-1. The van der Waals surface area contributed by atoms with E-state index in [2.05, 4.69) is 10.6 Å². The molecule has 0 aromatic rings. The van der Waals surface area contributed by atoms with Gasteiger partial charge in [-0.3, -0.25) is 0 Å². The van der Waals surface area contributed by atoms with E-state index in [1.165, 1.54) is 0 Å². The van der Waals surface area contributed by atoms with E-state index < -0.39 is 5.02 Å². The van der Waals surface area contributed by atoms with Gasteiger partial charge < -0.3 is 21.0 Å². The highest BCUT2D eigenvalue weighted by molar-refractivity contribution is 4.59. The van der Waals surface area contributed by atoms with Crippen LogP contribution < -0.4 is 10.6 Å². The van der Waals surface area contributed by atoms with Gasteiger partial charge >= 0.3 is 0 Å². The molecule has 0 saturated carbocycles. The van der Waals surface area contributed by atoms with E-state index >= 15 is 0 Å². The topological polar surface area (TPSA) is 97.0 Å². The summed E-state index contributed by atoms with van der Waals surface area (Å²) in [6.07, 6.45) is 0.